The molecule has 0 fully saturated rings. The lowest BCUT2D eigenvalue weighted by atomic mass is 10.2. The summed E-state index contributed by atoms with van der Waals surface area (Å²) < 4.78 is 0. The van der Waals surface area contributed by atoms with Crippen molar-refractivity contribution in [1.29, 1.82) is 0 Å². The second-order valence-electron chi connectivity index (χ2n) is 4.92. The number of urea groups is 1. The van der Waals surface area contributed by atoms with E-state index in [1.54, 1.807) is 23.3 Å². The number of anilines is 1. The summed E-state index contributed by atoms with van der Waals surface area (Å²) in [5, 5.41) is 6.49. The maximum atomic E-state index is 12.3. The molecule has 1 atom stereocenters. The molecule has 0 aromatic carbocycles. The third kappa shape index (κ3) is 3.59. The van der Waals surface area contributed by atoms with E-state index in [9.17, 15) is 4.79 Å². The predicted molar refractivity (Wildman–Crippen MR) is 88.3 cm³/mol. The van der Waals surface area contributed by atoms with Crippen LogP contribution in [0.1, 0.15) is 41.2 Å². The van der Waals surface area contributed by atoms with Crippen LogP contribution in [0.15, 0.2) is 5.38 Å². The topological polar surface area (TPSA) is 58.1 Å². The maximum Gasteiger partial charge on any atom is 0.323 e. The lowest BCUT2D eigenvalue weighted by Gasteiger charge is -2.24. The minimum Gasteiger partial charge on any atom is -0.320 e. The molecule has 7 heteroatoms. The van der Waals surface area contributed by atoms with Crippen LogP contribution < -0.4 is 5.32 Å². The number of nitrogens with zero attached hydrogens (tertiary/aromatic N) is 3. The molecule has 0 saturated heterocycles. The van der Waals surface area contributed by atoms with Gasteiger partial charge in [0.05, 0.1) is 22.4 Å². The van der Waals surface area contributed by atoms with Gasteiger partial charge < -0.3 is 4.90 Å². The molecule has 2 aromatic rings. The van der Waals surface area contributed by atoms with E-state index < -0.39 is 0 Å². The van der Waals surface area contributed by atoms with Gasteiger partial charge in [0.25, 0.3) is 0 Å². The van der Waals surface area contributed by atoms with Crippen molar-refractivity contribution in [2.45, 2.75) is 40.2 Å². The molecule has 114 valence electrons. The molecule has 0 aliphatic rings. The highest BCUT2D eigenvalue weighted by Crippen LogP contribution is 2.29. The molecule has 2 amide bonds. The van der Waals surface area contributed by atoms with Crippen molar-refractivity contribution in [3.8, 4) is 0 Å². The van der Waals surface area contributed by atoms with Crippen LogP contribution in [0.5, 0.6) is 0 Å². The van der Waals surface area contributed by atoms with E-state index in [0.717, 1.165) is 27.7 Å². The molecule has 0 aliphatic carbocycles. The third-order valence-corrected chi connectivity index (χ3v) is 5.64. The summed E-state index contributed by atoms with van der Waals surface area (Å²) in [6, 6.07) is -0.161. The summed E-state index contributed by atoms with van der Waals surface area (Å²) in [6.07, 6.45) is 0.923. The Balaban J connectivity index is 2.08. The molecule has 0 radical (unpaired) electrons. The van der Waals surface area contributed by atoms with Gasteiger partial charge in [-0.1, -0.05) is 6.92 Å². The third-order valence-electron chi connectivity index (χ3n) is 3.29. The molecular formula is C14H20N4OS2. The van der Waals surface area contributed by atoms with E-state index in [4.69, 9.17) is 0 Å². The number of carbonyl (C=O) groups excluding carboxylic acids is 1. The van der Waals surface area contributed by atoms with Crippen molar-refractivity contribution in [2.24, 2.45) is 0 Å². The fraction of sp³-hybridized carbons (Fsp3) is 0.500. The lowest BCUT2D eigenvalue weighted by molar-refractivity contribution is 0.209. The minimum atomic E-state index is -0.150. The zero-order valence-corrected chi connectivity index (χ0v) is 14.6. The van der Waals surface area contributed by atoms with E-state index in [0.29, 0.717) is 5.13 Å². The second kappa shape index (κ2) is 6.53. The highest BCUT2D eigenvalue weighted by Gasteiger charge is 2.22. The van der Waals surface area contributed by atoms with Crippen LogP contribution in [-0.4, -0.2) is 27.9 Å². The lowest BCUT2D eigenvalue weighted by Crippen LogP contribution is -2.33. The van der Waals surface area contributed by atoms with Crippen molar-refractivity contribution in [3.63, 3.8) is 0 Å². The number of amides is 2. The SMILES string of the molecule is CCc1nc(C)c([C@@H](C)N(C)C(=O)Nc2nc(C)cs2)s1. The summed E-state index contributed by atoms with van der Waals surface area (Å²) in [5.74, 6) is 0. The quantitative estimate of drug-likeness (QED) is 0.924. The van der Waals surface area contributed by atoms with Gasteiger partial charge in [-0.25, -0.2) is 14.8 Å². The average Bonchev–Trinajstić information content (AvgIpc) is 3.03. The van der Waals surface area contributed by atoms with Gasteiger partial charge in [0.15, 0.2) is 5.13 Å². The van der Waals surface area contributed by atoms with Crippen LogP contribution in [0, 0.1) is 13.8 Å². The van der Waals surface area contributed by atoms with Gasteiger partial charge >= 0.3 is 6.03 Å². The van der Waals surface area contributed by atoms with Gasteiger partial charge in [-0.05, 0) is 27.2 Å². The van der Waals surface area contributed by atoms with Gasteiger partial charge in [0, 0.05) is 17.3 Å². The summed E-state index contributed by atoms with van der Waals surface area (Å²) in [6.45, 7) is 8.02. The molecule has 0 unspecified atom stereocenters. The molecule has 0 bridgehead atoms. The van der Waals surface area contributed by atoms with Gasteiger partial charge in [-0.3, -0.25) is 5.32 Å². The first kappa shape index (κ1) is 15.9. The Bertz CT molecular complexity index is 635. The summed E-state index contributed by atoms with van der Waals surface area (Å²) >= 11 is 3.11. The number of thiazole rings is 2. The Hall–Kier alpha value is -1.47. The van der Waals surface area contributed by atoms with Crippen LogP contribution in [0.4, 0.5) is 9.93 Å². The largest absolute Gasteiger partial charge is 0.323 e. The van der Waals surface area contributed by atoms with E-state index in [1.165, 1.54) is 11.3 Å². The number of nitrogens with one attached hydrogen (secondary N) is 1. The highest BCUT2D eigenvalue weighted by molar-refractivity contribution is 7.14. The Morgan fingerprint density at radius 3 is 2.67 bits per heavy atom. The maximum absolute atomic E-state index is 12.3. The van der Waals surface area contributed by atoms with Crippen LogP contribution in [0.2, 0.25) is 0 Å². The molecule has 21 heavy (non-hydrogen) atoms. The Morgan fingerprint density at radius 1 is 1.43 bits per heavy atom. The van der Waals surface area contributed by atoms with Crippen molar-refractivity contribution in [2.75, 3.05) is 12.4 Å². The standard InChI is InChI=1S/C14H20N4OS2/c1-6-11-16-9(3)12(21-11)10(4)18(5)14(19)17-13-15-8(2)7-20-13/h7,10H,6H2,1-5H3,(H,15,17,19)/t10-/m1/s1. The van der Waals surface area contributed by atoms with Crippen LogP contribution >= 0.6 is 22.7 Å². The first-order valence-electron chi connectivity index (χ1n) is 6.84. The number of hydrogen-bond acceptors (Lipinski definition) is 5. The van der Waals surface area contributed by atoms with Crippen LogP contribution in [-0.2, 0) is 6.42 Å². The monoisotopic (exact) mass is 324 g/mol. The van der Waals surface area contributed by atoms with Gasteiger partial charge in [0.1, 0.15) is 0 Å². The van der Waals surface area contributed by atoms with E-state index >= 15 is 0 Å². The van der Waals surface area contributed by atoms with Crippen molar-refractivity contribution in [3.05, 3.63) is 26.7 Å². The van der Waals surface area contributed by atoms with Crippen LogP contribution in [0.3, 0.4) is 0 Å². The van der Waals surface area contributed by atoms with Crippen molar-refractivity contribution < 1.29 is 4.79 Å². The molecule has 0 saturated carbocycles. The molecule has 2 rings (SSSR count). The first-order valence-corrected chi connectivity index (χ1v) is 8.54. The van der Waals surface area contributed by atoms with E-state index in [1.807, 2.05) is 26.2 Å². The molecule has 1 N–H and O–H groups in total. The molecule has 0 aliphatic heterocycles. The zero-order chi connectivity index (χ0) is 15.6. The van der Waals surface area contributed by atoms with Crippen LogP contribution in [0.25, 0.3) is 0 Å². The normalized spacial score (nSPS) is 12.2. The van der Waals surface area contributed by atoms with Gasteiger partial charge in [0.2, 0.25) is 0 Å². The highest BCUT2D eigenvalue weighted by atomic mass is 32.1. The molecule has 2 aromatic heterocycles. The Labute approximate surface area is 133 Å². The first-order chi connectivity index (χ1) is 9.92. The predicted octanol–water partition coefficient (Wildman–Crippen LogP) is 4.00. The van der Waals surface area contributed by atoms with E-state index in [-0.39, 0.29) is 12.1 Å². The van der Waals surface area contributed by atoms with E-state index in [2.05, 4.69) is 22.2 Å². The number of aryl methyl sites for hydroxylation is 3. The molecule has 2 heterocycles. The smallest absolute Gasteiger partial charge is 0.320 e. The fourth-order valence-corrected chi connectivity index (χ4v) is 3.73. The summed E-state index contributed by atoms with van der Waals surface area (Å²) in [4.78, 5) is 23.9. The number of rotatable bonds is 4. The molecule has 5 nitrogen and oxygen atoms in total. The molecular weight excluding hydrogens is 304 g/mol. The minimum absolute atomic E-state index is 0.0103. The number of carbonyl (C=O) groups is 1. The summed E-state index contributed by atoms with van der Waals surface area (Å²) in [5.41, 5.74) is 1.92. The number of hydrogen-bond donors (Lipinski definition) is 1. The van der Waals surface area contributed by atoms with Crippen molar-refractivity contribution >= 4 is 33.8 Å². The Kier molecular flexibility index (Phi) is 4.95. The molecule has 0 spiro atoms. The average molecular weight is 324 g/mol. The summed E-state index contributed by atoms with van der Waals surface area (Å²) in [7, 11) is 1.80. The van der Waals surface area contributed by atoms with Gasteiger partial charge in [-0.2, -0.15) is 0 Å². The fourth-order valence-electron chi connectivity index (χ4n) is 1.95. The van der Waals surface area contributed by atoms with Gasteiger partial charge in [-0.15, -0.1) is 22.7 Å². The zero-order valence-electron chi connectivity index (χ0n) is 12.9. The van der Waals surface area contributed by atoms with Crippen molar-refractivity contribution in [1.82, 2.24) is 14.9 Å². The Morgan fingerprint density at radius 2 is 2.14 bits per heavy atom. The second-order valence-corrected chi connectivity index (χ2v) is 6.90. The number of aromatic nitrogens is 2.